The number of thiazole rings is 1. The lowest BCUT2D eigenvalue weighted by Gasteiger charge is -2.26. The highest BCUT2D eigenvalue weighted by Crippen LogP contribution is 2.35. The van der Waals surface area contributed by atoms with Gasteiger partial charge in [0.1, 0.15) is 16.6 Å². The Labute approximate surface area is 182 Å². The molecule has 0 aliphatic carbocycles. The zero-order valence-corrected chi connectivity index (χ0v) is 17.7. The minimum atomic E-state index is -0.496. The number of aromatic nitrogens is 2. The number of nitriles is 1. The Bertz CT molecular complexity index is 1080. The van der Waals surface area contributed by atoms with Crippen LogP contribution in [0.1, 0.15) is 12.0 Å². The van der Waals surface area contributed by atoms with Gasteiger partial charge in [0.25, 0.3) is 0 Å². The summed E-state index contributed by atoms with van der Waals surface area (Å²) in [5.74, 6) is -0.496. The molecule has 2 N–H and O–H groups in total. The van der Waals surface area contributed by atoms with Gasteiger partial charge in [-0.3, -0.25) is 4.90 Å². The van der Waals surface area contributed by atoms with E-state index in [1.165, 1.54) is 29.7 Å². The number of halogens is 2. The lowest BCUT2D eigenvalue weighted by molar-refractivity contribution is 0.0378. The van der Waals surface area contributed by atoms with Gasteiger partial charge < -0.3 is 15.4 Å². The van der Waals surface area contributed by atoms with E-state index in [0.29, 0.717) is 22.6 Å². The monoisotopic (exact) mass is 446 g/mol. The van der Waals surface area contributed by atoms with E-state index in [4.69, 9.17) is 16.3 Å². The number of ether oxygens (including phenoxy) is 1. The zero-order chi connectivity index (χ0) is 20.9. The maximum Gasteiger partial charge on any atom is 0.185 e. The summed E-state index contributed by atoms with van der Waals surface area (Å²) in [5.41, 5.74) is 2.10. The van der Waals surface area contributed by atoms with Crippen molar-refractivity contribution in [3.63, 3.8) is 0 Å². The number of fused-ring (bicyclic) bond motifs is 1. The van der Waals surface area contributed by atoms with Crippen LogP contribution in [0.25, 0.3) is 10.3 Å². The van der Waals surface area contributed by atoms with Crippen LogP contribution < -0.4 is 10.6 Å². The summed E-state index contributed by atoms with van der Waals surface area (Å²) < 4.78 is 19.6. The predicted octanol–water partition coefficient (Wildman–Crippen LogP) is 4.23. The number of anilines is 3. The average Bonchev–Trinajstić information content (AvgIpc) is 3.18. The van der Waals surface area contributed by atoms with E-state index < -0.39 is 5.82 Å². The molecular weight excluding hydrogens is 427 g/mol. The van der Waals surface area contributed by atoms with E-state index in [1.807, 2.05) is 0 Å². The SMILES string of the molecule is N#Cc1cnc2nc(NCCCN3CCOCC3)sc2c1Nc1ccc(F)c(Cl)c1. The van der Waals surface area contributed by atoms with E-state index >= 15 is 0 Å². The molecule has 2 aromatic heterocycles. The smallest absolute Gasteiger partial charge is 0.185 e. The van der Waals surface area contributed by atoms with Crippen molar-refractivity contribution in [2.24, 2.45) is 0 Å². The number of pyridine rings is 1. The highest BCUT2D eigenvalue weighted by atomic mass is 35.5. The topological polar surface area (TPSA) is 86.1 Å². The van der Waals surface area contributed by atoms with Crippen molar-refractivity contribution >= 4 is 49.8 Å². The first-order valence-corrected chi connectivity index (χ1v) is 10.8. The Morgan fingerprint density at radius 1 is 1.33 bits per heavy atom. The molecule has 0 atom stereocenters. The maximum absolute atomic E-state index is 13.5. The lowest BCUT2D eigenvalue weighted by Crippen LogP contribution is -2.37. The normalized spacial score (nSPS) is 14.6. The van der Waals surface area contributed by atoms with E-state index in [2.05, 4.69) is 31.6 Å². The van der Waals surface area contributed by atoms with Gasteiger partial charge >= 0.3 is 0 Å². The third-order valence-electron chi connectivity index (χ3n) is 4.76. The fourth-order valence-electron chi connectivity index (χ4n) is 3.20. The molecule has 0 radical (unpaired) electrons. The fraction of sp³-hybridized carbons (Fsp3) is 0.350. The minimum absolute atomic E-state index is 0.00994. The number of nitrogens with zero attached hydrogens (tertiary/aromatic N) is 4. The van der Waals surface area contributed by atoms with Crippen LogP contribution in [-0.4, -0.2) is 54.3 Å². The summed E-state index contributed by atoms with van der Waals surface area (Å²) >= 11 is 7.31. The van der Waals surface area contributed by atoms with Crippen LogP contribution >= 0.6 is 22.9 Å². The van der Waals surface area contributed by atoms with E-state index in [0.717, 1.165) is 55.6 Å². The van der Waals surface area contributed by atoms with E-state index in [1.54, 1.807) is 6.07 Å². The Hall–Kier alpha value is -2.51. The fourth-order valence-corrected chi connectivity index (χ4v) is 4.33. The Balaban J connectivity index is 1.48. The van der Waals surface area contributed by atoms with Crippen LogP contribution in [0, 0.1) is 17.1 Å². The van der Waals surface area contributed by atoms with Crippen molar-refractivity contribution in [3.8, 4) is 6.07 Å². The van der Waals surface area contributed by atoms with Gasteiger partial charge in [0.15, 0.2) is 10.8 Å². The molecule has 1 aromatic carbocycles. The van der Waals surface area contributed by atoms with Gasteiger partial charge in [0.05, 0.1) is 29.5 Å². The quantitative estimate of drug-likeness (QED) is 0.525. The van der Waals surface area contributed by atoms with Crippen LogP contribution in [0.2, 0.25) is 5.02 Å². The number of rotatable bonds is 7. The first kappa shape index (κ1) is 20.8. The predicted molar refractivity (Wildman–Crippen MR) is 117 cm³/mol. The maximum atomic E-state index is 13.5. The number of hydrogen-bond donors (Lipinski definition) is 2. The second kappa shape index (κ2) is 9.53. The number of nitrogens with one attached hydrogen (secondary N) is 2. The number of benzene rings is 1. The molecule has 3 heterocycles. The summed E-state index contributed by atoms with van der Waals surface area (Å²) in [5, 5.41) is 16.8. The van der Waals surface area contributed by atoms with Gasteiger partial charge in [-0.2, -0.15) is 5.26 Å². The molecule has 1 aliphatic rings. The highest BCUT2D eigenvalue weighted by Gasteiger charge is 2.15. The molecule has 0 spiro atoms. The van der Waals surface area contributed by atoms with Gasteiger partial charge in [-0.05, 0) is 31.2 Å². The van der Waals surface area contributed by atoms with Gasteiger partial charge in [-0.15, -0.1) is 0 Å². The molecule has 1 saturated heterocycles. The van der Waals surface area contributed by atoms with Gasteiger partial charge in [0, 0.05) is 31.5 Å². The summed E-state index contributed by atoms with van der Waals surface area (Å²) in [6, 6.07) is 6.48. The Morgan fingerprint density at radius 2 is 2.17 bits per heavy atom. The number of hydrogen-bond acceptors (Lipinski definition) is 8. The molecule has 10 heteroatoms. The summed E-state index contributed by atoms with van der Waals surface area (Å²) in [7, 11) is 0. The molecular formula is C20H20ClFN6OS. The average molecular weight is 447 g/mol. The first-order valence-electron chi connectivity index (χ1n) is 9.60. The Morgan fingerprint density at radius 3 is 2.93 bits per heavy atom. The molecule has 1 fully saturated rings. The third kappa shape index (κ3) is 4.79. The zero-order valence-electron chi connectivity index (χ0n) is 16.1. The van der Waals surface area contributed by atoms with Crippen LogP contribution in [-0.2, 0) is 4.74 Å². The van der Waals surface area contributed by atoms with Crippen molar-refractivity contribution in [1.29, 1.82) is 5.26 Å². The third-order valence-corrected chi connectivity index (χ3v) is 6.07. The molecule has 4 rings (SSSR count). The largest absolute Gasteiger partial charge is 0.379 e. The first-order chi connectivity index (χ1) is 14.6. The van der Waals surface area contributed by atoms with E-state index in [-0.39, 0.29) is 5.02 Å². The number of morpholine rings is 1. The van der Waals surface area contributed by atoms with Crippen molar-refractivity contribution in [2.75, 3.05) is 50.0 Å². The van der Waals surface area contributed by atoms with Crippen molar-refractivity contribution in [2.45, 2.75) is 6.42 Å². The molecule has 7 nitrogen and oxygen atoms in total. The molecule has 3 aromatic rings. The van der Waals surface area contributed by atoms with E-state index in [9.17, 15) is 9.65 Å². The summed E-state index contributed by atoms with van der Waals surface area (Å²) in [4.78, 5) is 11.2. The van der Waals surface area contributed by atoms with Crippen LogP contribution in [0.4, 0.5) is 20.9 Å². The van der Waals surface area contributed by atoms with Gasteiger partial charge in [0.2, 0.25) is 0 Å². The molecule has 0 bridgehead atoms. The Kier molecular flexibility index (Phi) is 6.59. The van der Waals surface area contributed by atoms with Crippen LogP contribution in [0.3, 0.4) is 0 Å². The summed E-state index contributed by atoms with van der Waals surface area (Å²) in [6.07, 6.45) is 2.48. The summed E-state index contributed by atoms with van der Waals surface area (Å²) in [6.45, 7) is 5.35. The molecule has 0 saturated carbocycles. The second-order valence-electron chi connectivity index (χ2n) is 6.82. The standard InChI is InChI=1S/C20H20ClFN6OS/c21-15-10-14(2-3-16(15)22)26-17-13(11-23)12-25-19-18(17)30-20(27-19)24-4-1-5-28-6-8-29-9-7-28/h2-3,10,12H,1,4-9H2,(H2,24,25,26,27). The molecule has 30 heavy (non-hydrogen) atoms. The van der Waals surface area contributed by atoms with Crippen LogP contribution in [0.5, 0.6) is 0 Å². The van der Waals surface area contributed by atoms with Crippen molar-refractivity contribution < 1.29 is 9.13 Å². The van der Waals surface area contributed by atoms with Crippen molar-refractivity contribution in [3.05, 3.63) is 40.8 Å². The minimum Gasteiger partial charge on any atom is -0.379 e. The molecule has 0 unspecified atom stereocenters. The highest BCUT2D eigenvalue weighted by molar-refractivity contribution is 7.22. The van der Waals surface area contributed by atoms with Gasteiger partial charge in [-0.1, -0.05) is 22.9 Å². The van der Waals surface area contributed by atoms with Gasteiger partial charge in [-0.25, -0.2) is 14.4 Å². The second-order valence-corrected chi connectivity index (χ2v) is 8.22. The van der Waals surface area contributed by atoms with Crippen LogP contribution in [0.15, 0.2) is 24.4 Å². The van der Waals surface area contributed by atoms with Crippen molar-refractivity contribution in [1.82, 2.24) is 14.9 Å². The molecule has 156 valence electrons. The molecule has 1 aliphatic heterocycles. The molecule has 0 amide bonds. The lowest BCUT2D eigenvalue weighted by atomic mass is 10.2.